The highest BCUT2D eigenvalue weighted by Gasteiger charge is 2.13. The number of benzene rings is 1. The van der Waals surface area contributed by atoms with Crippen molar-refractivity contribution in [2.75, 3.05) is 18.6 Å². The lowest BCUT2D eigenvalue weighted by Gasteiger charge is -2.17. The first-order valence-corrected chi connectivity index (χ1v) is 9.50. The highest BCUT2D eigenvalue weighted by atomic mass is 127. The van der Waals surface area contributed by atoms with Crippen molar-refractivity contribution in [1.29, 1.82) is 0 Å². The minimum Gasteiger partial charge on any atom is -0.313 e. The molecule has 6 heteroatoms. The molecule has 0 bridgehead atoms. The van der Waals surface area contributed by atoms with Gasteiger partial charge in [-0.3, -0.25) is 0 Å². The van der Waals surface area contributed by atoms with E-state index in [1.165, 1.54) is 0 Å². The first-order chi connectivity index (χ1) is 8.89. The summed E-state index contributed by atoms with van der Waals surface area (Å²) < 4.78 is 23.9. The van der Waals surface area contributed by atoms with E-state index in [4.69, 9.17) is 11.6 Å². The standard InChI is InChI=1S/C13H19ClINO2S/c1-3-19(17,18)8-4-5-13(16-2)10-6-7-12(15)11(14)9-10/h6-7,9,13,16H,3-5,8H2,1-2H3. The second-order valence-electron chi connectivity index (χ2n) is 4.39. The van der Waals surface area contributed by atoms with E-state index in [0.717, 1.165) is 20.6 Å². The smallest absolute Gasteiger partial charge is 0.150 e. The van der Waals surface area contributed by atoms with Crippen molar-refractivity contribution in [1.82, 2.24) is 5.32 Å². The van der Waals surface area contributed by atoms with E-state index in [2.05, 4.69) is 27.9 Å². The number of hydrogen-bond acceptors (Lipinski definition) is 3. The van der Waals surface area contributed by atoms with Crippen molar-refractivity contribution in [2.24, 2.45) is 0 Å². The Morgan fingerprint density at radius 1 is 1.42 bits per heavy atom. The Balaban J connectivity index is 2.66. The molecular formula is C13H19ClINO2S. The van der Waals surface area contributed by atoms with Crippen LogP contribution in [-0.4, -0.2) is 27.0 Å². The van der Waals surface area contributed by atoms with Crippen LogP contribution < -0.4 is 5.32 Å². The van der Waals surface area contributed by atoms with E-state index < -0.39 is 9.84 Å². The van der Waals surface area contributed by atoms with Gasteiger partial charge in [-0.1, -0.05) is 24.6 Å². The van der Waals surface area contributed by atoms with Crippen LogP contribution in [-0.2, 0) is 9.84 Å². The molecule has 0 aliphatic carbocycles. The van der Waals surface area contributed by atoms with Crippen LogP contribution in [0.5, 0.6) is 0 Å². The first kappa shape index (κ1) is 17.2. The normalized spacial score (nSPS) is 13.5. The molecule has 1 aromatic carbocycles. The fourth-order valence-corrected chi connectivity index (χ4v) is 3.28. The summed E-state index contributed by atoms with van der Waals surface area (Å²) in [5.41, 5.74) is 1.10. The molecule has 0 aliphatic rings. The van der Waals surface area contributed by atoms with E-state index in [1.54, 1.807) is 6.92 Å². The average molecular weight is 416 g/mol. The molecular weight excluding hydrogens is 397 g/mol. The van der Waals surface area contributed by atoms with Gasteiger partial charge in [0.1, 0.15) is 9.84 Å². The van der Waals surface area contributed by atoms with E-state index in [-0.39, 0.29) is 17.5 Å². The van der Waals surface area contributed by atoms with Crippen LogP contribution in [0.15, 0.2) is 18.2 Å². The van der Waals surface area contributed by atoms with E-state index in [9.17, 15) is 8.42 Å². The van der Waals surface area contributed by atoms with Gasteiger partial charge in [0.25, 0.3) is 0 Å². The summed E-state index contributed by atoms with van der Waals surface area (Å²) in [5.74, 6) is 0.465. The van der Waals surface area contributed by atoms with Gasteiger partial charge in [0.05, 0.1) is 10.8 Å². The molecule has 0 spiro atoms. The van der Waals surface area contributed by atoms with Gasteiger partial charge in [0.2, 0.25) is 0 Å². The average Bonchev–Trinajstić information content (AvgIpc) is 2.38. The summed E-state index contributed by atoms with van der Waals surface area (Å²) in [6, 6.07) is 6.09. The zero-order valence-corrected chi connectivity index (χ0v) is 14.8. The third kappa shape index (κ3) is 5.57. The molecule has 1 atom stereocenters. The maximum Gasteiger partial charge on any atom is 0.150 e. The van der Waals surface area contributed by atoms with Crippen LogP contribution in [0.3, 0.4) is 0 Å². The third-order valence-corrected chi connectivity index (χ3v) is 6.45. The Hall–Kier alpha value is 0.150. The molecule has 108 valence electrons. The van der Waals surface area contributed by atoms with E-state index >= 15 is 0 Å². The van der Waals surface area contributed by atoms with Gasteiger partial charge < -0.3 is 5.32 Å². The maximum absolute atomic E-state index is 11.5. The summed E-state index contributed by atoms with van der Waals surface area (Å²) >= 11 is 8.30. The SMILES string of the molecule is CCS(=O)(=O)CCCC(NC)c1ccc(I)c(Cl)c1. The number of hydrogen-bond donors (Lipinski definition) is 1. The fraction of sp³-hybridized carbons (Fsp3) is 0.538. The van der Waals surface area contributed by atoms with Crippen molar-refractivity contribution < 1.29 is 8.42 Å². The molecule has 1 N–H and O–H groups in total. The molecule has 3 nitrogen and oxygen atoms in total. The van der Waals surface area contributed by atoms with Gasteiger partial charge in [-0.25, -0.2) is 8.42 Å². The highest BCUT2D eigenvalue weighted by molar-refractivity contribution is 14.1. The van der Waals surface area contributed by atoms with Crippen LogP contribution in [0.4, 0.5) is 0 Å². The molecule has 0 radical (unpaired) electrons. The molecule has 1 aromatic rings. The largest absolute Gasteiger partial charge is 0.313 e. The highest BCUT2D eigenvalue weighted by Crippen LogP contribution is 2.25. The molecule has 0 fully saturated rings. The van der Waals surface area contributed by atoms with E-state index in [1.807, 2.05) is 25.2 Å². The van der Waals surface area contributed by atoms with Gasteiger partial charge >= 0.3 is 0 Å². The molecule has 0 aliphatic heterocycles. The lowest BCUT2D eigenvalue weighted by molar-refractivity contribution is 0.535. The van der Waals surface area contributed by atoms with Crippen LogP contribution >= 0.6 is 34.2 Å². The van der Waals surface area contributed by atoms with Crippen molar-refractivity contribution >= 4 is 44.0 Å². The van der Waals surface area contributed by atoms with Crippen LogP contribution in [0.25, 0.3) is 0 Å². The molecule has 0 saturated carbocycles. The van der Waals surface area contributed by atoms with Gasteiger partial charge in [-0.05, 0) is 60.2 Å². The molecule has 1 rings (SSSR count). The zero-order chi connectivity index (χ0) is 14.5. The number of halogens is 2. The quantitative estimate of drug-likeness (QED) is 0.694. The van der Waals surface area contributed by atoms with Gasteiger partial charge in [-0.15, -0.1) is 0 Å². The Morgan fingerprint density at radius 3 is 2.63 bits per heavy atom. The summed E-state index contributed by atoms with van der Waals surface area (Å²) in [5, 5.41) is 3.95. The zero-order valence-electron chi connectivity index (χ0n) is 11.1. The predicted molar refractivity (Wildman–Crippen MR) is 89.5 cm³/mol. The van der Waals surface area contributed by atoms with Crippen LogP contribution in [0.2, 0.25) is 5.02 Å². The molecule has 0 aromatic heterocycles. The van der Waals surface area contributed by atoms with Gasteiger partial charge in [-0.2, -0.15) is 0 Å². The monoisotopic (exact) mass is 415 g/mol. The summed E-state index contributed by atoms with van der Waals surface area (Å²) in [7, 11) is -0.996. The Bertz CT molecular complexity index is 519. The fourth-order valence-electron chi connectivity index (χ4n) is 1.86. The maximum atomic E-state index is 11.5. The number of nitrogens with one attached hydrogen (secondary N) is 1. The number of rotatable bonds is 7. The topological polar surface area (TPSA) is 46.2 Å². The Morgan fingerprint density at radius 2 is 2.11 bits per heavy atom. The molecule has 1 unspecified atom stereocenters. The van der Waals surface area contributed by atoms with Crippen molar-refractivity contribution in [3.05, 3.63) is 32.4 Å². The minimum atomic E-state index is -2.88. The van der Waals surface area contributed by atoms with E-state index in [0.29, 0.717) is 6.42 Å². The summed E-state index contributed by atoms with van der Waals surface area (Å²) in [4.78, 5) is 0. The second kappa shape index (κ2) is 7.81. The molecule has 0 saturated heterocycles. The van der Waals surface area contributed by atoms with Crippen molar-refractivity contribution in [3.63, 3.8) is 0 Å². The second-order valence-corrected chi connectivity index (χ2v) is 8.44. The predicted octanol–water partition coefficient (Wildman–Crippen LogP) is 3.42. The molecule has 19 heavy (non-hydrogen) atoms. The van der Waals surface area contributed by atoms with Gasteiger partial charge in [0, 0.05) is 15.4 Å². The van der Waals surface area contributed by atoms with Gasteiger partial charge in [0.15, 0.2) is 0 Å². The van der Waals surface area contributed by atoms with Crippen LogP contribution in [0, 0.1) is 3.57 Å². The van der Waals surface area contributed by atoms with Crippen LogP contribution in [0.1, 0.15) is 31.4 Å². The molecule has 0 heterocycles. The summed E-state index contributed by atoms with van der Waals surface area (Å²) in [6.45, 7) is 1.68. The van der Waals surface area contributed by atoms with Crippen molar-refractivity contribution in [2.45, 2.75) is 25.8 Å². The first-order valence-electron chi connectivity index (χ1n) is 6.22. The number of sulfone groups is 1. The van der Waals surface area contributed by atoms with Crippen molar-refractivity contribution in [3.8, 4) is 0 Å². The lowest BCUT2D eigenvalue weighted by atomic mass is 10.0. The minimum absolute atomic E-state index is 0.140. The molecule has 0 amide bonds. The Labute approximate surface area is 134 Å². The summed E-state index contributed by atoms with van der Waals surface area (Å²) in [6.07, 6.45) is 1.44. The Kier molecular flexibility index (Phi) is 7.07. The third-order valence-electron chi connectivity index (χ3n) is 3.08. The lowest BCUT2D eigenvalue weighted by Crippen LogP contribution is -2.18.